The molecule has 0 aliphatic carbocycles. The van der Waals surface area contributed by atoms with E-state index < -0.39 is 6.09 Å². The molecule has 108 valence electrons. The molecule has 0 rings (SSSR count). The van der Waals surface area contributed by atoms with Crippen LogP contribution in [0.2, 0.25) is 0 Å². The molecule has 0 spiro atoms. The van der Waals surface area contributed by atoms with Gasteiger partial charge >= 0.3 is 6.09 Å². The normalized spacial score (nSPS) is 13.2. The highest BCUT2D eigenvalue weighted by molar-refractivity contribution is 5.67. The lowest BCUT2D eigenvalue weighted by molar-refractivity contribution is 0.00643. The zero-order valence-electron chi connectivity index (χ0n) is 13.4. The first-order valence-corrected chi connectivity index (χ1v) is 6.93. The van der Waals surface area contributed by atoms with Crippen molar-refractivity contribution in [1.82, 2.24) is 4.90 Å². The summed E-state index contributed by atoms with van der Waals surface area (Å²) in [6, 6.07) is 0. The Labute approximate surface area is 113 Å². The fourth-order valence-electron chi connectivity index (χ4n) is 3.52. The predicted molar refractivity (Wildman–Crippen MR) is 76.9 cm³/mol. The second-order valence-corrected chi connectivity index (χ2v) is 7.44. The minimum atomic E-state index is -0.814. The van der Waals surface area contributed by atoms with Crippen molar-refractivity contribution in [3.05, 3.63) is 0 Å². The van der Waals surface area contributed by atoms with Crippen LogP contribution in [0.4, 0.5) is 4.79 Å². The van der Waals surface area contributed by atoms with E-state index in [-0.39, 0.29) is 11.1 Å². The first-order valence-electron chi connectivity index (χ1n) is 6.93. The molecule has 0 unspecified atom stereocenters. The molecule has 0 saturated heterocycles. The van der Waals surface area contributed by atoms with Crippen LogP contribution in [0, 0.1) is 11.8 Å². The van der Waals surface area contributed by atoms with Crippen LogP contribution in [-0.2, 0) is 0 Å². The zero-order valence-corrected chi connectivity index (χ0v) is 13.4. The Balaban J connectivity index is 5.24. The average Bonchev–Trinajstić information content (AvgIpc) is 1.92. The molecule has 1 N–H and O–H groups in total. The molecule has 3 heteroatoms. The van der Waals surface area contributed by atoms with Gasteiger partial charge in [0.1, 0.15) is 0 Å². The van der Waals surface area contributed by atoms with Gasteiger partial charge in [-0.3, -0.25) is 4.90 Å². The monoisotopic (exact) mass is 257 g/mol. The van der Waals surface area contributed by atoms with Crippen LogP contribution < -0.4 is 0 Å². The molecule has 0 radical (unpaired) electrons. The van der Waals surface area contributed by atoms with E-state index in [0.29, 0.717) is 11.8 Å². The molecule has 18 heavy (non-hydrogen) atoms. The Morgan fingerprint density at radius 3 is 1.39 bits per heavy atom. The molecule has 0 saturated carbocycles. The lowest BCUT2D eigenvalue weighted by Crippen LogP contribution is -2.58. The first-order chi connectivity index (χ1) is 7.90. The van der Waals surface area contributed by atoms with E-state index in [1.165, 1.54) is 0 Å². The average molecular weight is 257 g/mol. The van der Waals surface area contributed by atoms with Gasteiger partial charge in [0.25, 0.3) is 0 Å². The highest BCUT2D eigenvalue weighted by atomic mass is 16.4. The van der Waals surface area contributed by atoms with E-state index in [0.717, 1.165) is 12.8 Å². The standard InChI is InChI=1S/C15H31NO2/c1-11(2)9-14(5,6)16(13(17)18)15(7,8)10-12(3)4/h11-12H,9-10H2,1-8H3,(H,17,18). The molecule has 0 aliphatic rings. The van der Waals surface area contributed by atoms with Gasteiger partial charge in [0.2, 0.25) is 0 Å². The Morgan fingerprint density at radius 2 is 1.22 bits per heavy atom. The number of carbonyl (C=O) groups is 1. The maximum atomic E-state index is 11.7. The third-order valence-corrected chi connectivity index (χ3v) is 3.22. The van der Waals surface area contributed by atoms with Crippen molar-refractivity contribution in [3.8, 4) is 0 Å². The van der Waals surface area contributed by atoms with Crippen LogP contribution in [0.5, 0.6) is 0 Å². The van der Waals surface area contributed by atoms with E-state index in [1.54, 1.807) is 4.90 Å². The van der Waals surface area contributed by atoms with Crippen molar-refractivity contribution in [2.24, 2.45) is 11.8 Å². The largest absolute Gasteiger partial charge is 0.465 e. The van der Waals surface area contributed by atoms with Gasteiger partial charge in [0.15, 0.2) is 0 Å². The fourth-order valence-corrected chi connectivity index (χ4v) is 3.52. The van der Waals surface area contributed by atoms with Gasteiger partial charge in [0.05, 0.1) is 0 Å². The molecule has 0 bridgehead atoms. The van der Waals surface area contributed by atoms with Crippen LogP contribution in [-0.4, -0.2) is 27.2 Å². The quantitative estimate of drug-likeness (QED) is 0.754. The Bertz CT molecular complexity index is 258. The molecular weight excluding hydrogens is 226 g/mol. The van der Waals surface area contributed by atoms with Crippen LogP contribution >= 0.6 is 0 Å². The second-order valence-electron chi connectivity index (χ2n) is 7.44. The maximum Gasteiger partial charge on any atom is 0.408 e. The Morgan fingerprint density at radius 1 is 0.944 bits per heavy atom. The highest BCUT2D eigenvalue weighted by Gasteiger charge is 2.41. The topological polar surface area (TPSA) is 40.5 Å². The van der Waals surface area contributed by atoms with Gasteiger partial charge in [0, 0.05) is 11.1 Å². The summed E-state index contributed by atoms with van der Waals surface area (Å²) in [4.78, 5) is 13.3. The lowest BCUT2D eigenvalue weighted by atomic mass is 9.83. The molecule has 3 nitrogen and oxygen atoms in total. The number of carboxylic acid groups (broad SMARTS) is 1. The van der Waals surface area contributed by atoms with Crippen LogP contribution in [0.15, 0.2) is 0 Å². The van der Waals surface area contributed by atoms with E-state index in [4.69, 9.17) is 0 Å². The van der Waals surface area contributed by atoms with Crippen molar-refractivity contribution >= 4 is 6.09 Å². The summed E-state index contributed by atoms with van der Waals surface area (Å²) in [5.41, 5.74) is -0.670. The molecular formula is C15H31NO2. The van der Waals surface area contributed by atoms with Gasteiger partial charge in [-0.25, -0.2) is 4.79 Å². The van der Waals surface area contributed by atoms with Gasteiger partial charge in [-0.1, -0.05) is 27.7 Å². The van der Waals surface area contributed by atoms with E-state index in [2.05, 4.69) is 27.7 Å². The van der Waals surface area contributed by atoms with Crippen molar-refractivity contribution in [2.75, 3.05) is 0 Å². The van der Waals surface area contributed by atoms with Gasteiger partial charge in [-0.2, -0.15) is 0 Å². The number of amides is 1. The molecule has 0 heterocycles. The number of rotatable bonds is 6. The van der Waals surface area contributed by atoms with Gasteiger partial charge < -0.3 is 5.11 Å². The van der Waals surface area contributed by atoms with Crippen molar-refractivity contribution in [3.63, 3.8) is 0 Å². The Kier molecular flexibility index (Phi) is 5.70. The second kappa shape index (κ2) is 5.94. The van der Waals surface area contributed by atoms with Crippen molar-refractivity contribution in [1.29, 1.82) is 0 Å². The first kappa shape index (κ1) is 17.3. The summed E-state index contributed by atoms with van der Waals surface area (Å²) in [6.07, 6.45) is 0.938. The molecule has 0 aromatic heterocycles. The fraction of sp³-hybridized carbons (Fsp3) is 0.933. The minimum absolute atomic E-state index is 0.335. The third-order valence-electron chi connectivity index (χ3n) is 3.22. The molecule has 0 aromatic rings. The van der Waals surface area contributed by atoms with E-state index >= 15 is 0 Å². The lowest BCUT2D eigenvalue weighted by Gasteiger charge is -2.48. The molecule has 0 fully saturated rings. The molecule has 0 aliphatic heterocycles. The van der Waals surface area contributed by atoms with Crippen molar-refractivity contribution in [2.45, 2.75) is 79.3 Å². The summed E-state index contributed by atoms with van der Waals surface area (Å²) < 4.78 is 0. The number of nitrogens with zero attached hydrogens (tertiary/aromatic N) is 1. The minimum Gasteiger partial charge on any atom is -0.465 e. The zero-order chi connectivity index (χ0) is 14.7. The van der Waals surface area contributed by atoms with Gasteiger partial charge in [-0.15, -0.1) is 0 Å². The van der Waals surface area contributed by atoms with Gasteiger partial charge in [-0.05, 0) is 52.4 Å². The predicted octanol–water partition coefficient (Wildman–Crippen LogP) is 4.62. The highest BCUT2D eigenvalue weighted by Crippen LogP contribution is 2.34. The molecule has 0 aromatic carbocycles. The van der Waals surface area contributed by atoms with Crippen LogP contribution in [0.1, 0.15) is 68.2 Å². The SMILES string of the molecule is CC(C)CC(C)(C)N(C(=O)O)C(C)(C)CC(C)C. The molecule has 1 amide bonds. The Hall–Kier alpha value is -0.730. The summed E-state index contributed by atoms with van der Waals surface area (Å²) >= 11 is 0. The van der Waals surface area contributed by atoms with Crippen LogP contribution in [0.25, 0.3) is 0 Å². The maximum absolute atomic E-state index is 11.7. The third kappa shape index (κ3) is 4.87. The summed E-state index contributed by atoms with van der Waals surface area (Å²) in [6.45, 7) is 16.7. The van der Waals surface area contributed by atoms with E-state index in [1.807, 2.05) is 27.7 Å². The summed E-state index contributed by atoms with van der Waals surface area (Å²) in [5, 5.41) is 9.60. The number of hydrogen-bond donors (Lipinski definition) is 1. The summed E-state index contributed by atoms with van der Waals surface area (Å²) in [7, 11) is 0. The smallest absolute Gasteiger partial charge is 0.408 e. The number of hydrogen-bond acceptors (Lipinski definition) is 1. The summed E-state index contributed by atoms with van der Waals surface area (Å²) in [5.74, 6) is 0.966. The van der Waals surface area contributed by atoms with Crippen molar-refractivity contribution < 1.29 is 9.90 Å². The molecule has 0 atom stereocenters. The van der Waals surface area contributed by atoms with Crippen LogP contribution in [0.3, 0.4) is 0 Å². The van der Waals surface area contributed by atoms with E-state index in [9.17, 15) is 9.90 Å².